The normalized spacial score (nSPS) is 10.6. The molecule has 0 amide bonds. The van der Waals surface area contributed by atoms with Gasteiger partial charge in [-0.1, -0.05) is 38.2 Å². The molecule has 0 bridgehead atoms. The average Bonchev–Trinajstić information content (AvgIpc) is 2.39. The van der Waals surface area contributed by atoms with E-state index in [0.29, 0.717) is 11.6 Å². The molecular formula is C16H17FN2S. The molecule has 20 heavy (non-hydrogen) atoms. The molecule has 0 aliphatic rings. The second-order valence-corrected chi connectivity index (χ2v) is 5.40. The number of benzene rings is 2. The molecule has 4 heteroatoms. The van der Waals surface area contributed by atoms with E-state index in [0.717, 1.165) is 5.69 Å². The number of anilines is 2. The number of hydrogen-bond acceptors (Lipinski definition) is 2. The summed E-state index contributed by atoms with van der Waals surface area (Å²) in [6.45, 7) is 4.29. The molecule has 2 aromatic carbocycles. The quantitative estimate of drug-likeness (QED) is 0.823. The molecule has 3 N–H and O–H groups in total. The van der Waals surface area contributed by atoms with E-state index < -0.39 is 5.82 Å². The van der Waals surface area contributed by atoms with Crippen molar-refractivity contribution in [2.75, 3.05) is 5.32 Å². The summed E-state index contributed by atoms with van der Waals surface area (Å²) < 4.78 is 13.8. The number of nitrogens with one attached hydrogen (secondary N) is 1. The van der Waals surface area contributed by atoms with Crippen LogP contribution in [0.25, 0.3) is 0 Å². The Morgan fingerprint density at radius 2 is 1.70 bits per heavy atom. The lowest BCUT2D eigenvalue weighted by Gasteiger charge is -2.10. The first-order chi connectivity index (χ1) is 9.47. The van der Waals surface area contributed by atoms with E-state index in [1.54, 1.807) is 12.1 Å². The Hall–Kier alpha value is -1.94. The van der Waals surface area contributed by atoms with E-state index in [1.807, 2.05) is 12.1 Å². The SMILES string of the molecule is CC(C)c1ccc(Nc2ccc(C(N)=S)c(F)c2)cc1. The molecule has 0 aliphatic carbocycles. The first-order valence-corrected chi connectivity index (χ1v) is 6.84. The van der Waals surface area contributed by atoms with Gasteiger partial charge in [-0.25, -0.2) is 4.39 Å². The van der Waals surface area contributed by atoms with Gasteiger partial charge in [-0.3, -0.25) is 0 Å². The van der Waals surface area contributed by atoms with Gasteiger partial charge in [-0.15, -0.1) is 0 Å². The fourth-order valence-electron chi connectivity index (χ4n) is 1.91. The summed E-state index contributed by atoms with van der Waals surface area (Å²) in [5, 5.41) is 3.15. The second kappa shape index (κ2) is 6.01. The maximum Gasteiger partial charge on any atom is 0.135 e. The molecule has 0 unspecified atom stereocenters. The van der Waals surface area contributed by atoms with Crippen molar-refractivity contribution in [3.8, 4) is 0 Å². The van der Waals surface area contributed by atoms with Crippen LogP contribution < -0.4 is 11.1 Å². The van der Waals surface area contributed by atoms with E-state index in [-0.39, 0.29) is 10.6 Å². The second-order valence-electron chi connectivity index (χ2n) is 4.96. The predicted molar refractivity (Wildman–Crippen MR) is 86.1 cm³/mol. The molecule has 2 nitrogen and oxygen atoms in total. The van der Waals surface area contributed by atoms with Gasteiger partial charge in [0.1, 0.15) is 10.8 Å². The Labute approximate surface area is 123 Å². The Morgan fingerprint density at radius 3 is 2.20 bits per heavy atom. The number of thiocarbonyl (C=S) groups is 1. The minimum atomic E-state index is -0.415. The maximum atomic E-state index is 13.8. The molecule has 0 aromatic heterocycles. The molecule has 2 rings (SSSR count). The van der Waals surface area contributed by atoms with Gasteiger partial charge in [0, 0.05) is 16.9 Å². The van der Waals surface area contributed by atoms with Gasteiger partial charge in [-0.05, 0) is 41.8 Å². The van der Waals surface area contributed by atoms with Crippen molar-refractivity contribution in [2.45, 2.75) is 19.8 Å². The van der Waals surface area contributed by atoms with Gasteiger partial charge in [0.25, 0.3) is 0 Å². The smallest absolute Gasteiger partial charge is 0.135 e. The Balaban J connectivity index is 2.17. The molecule has 0 saturated carbocycles. The molecule has 2 aromatic rings. The third-order valence-corrected chi connectivity index (χ3v) is 3.32. The maximum absolute atomic E-state index is 13.8. The highest BCUT2D eigenvalue weighted by molar-refractivity contribution is 7.80. The van der Waals surface area contributed by atoms with Gasteiger partial charge in [0.15, 0.2) is 0 Å². The van der Waals surface area contributed by atoms with E-state index in [1.165, 1.54) is 11.6 Å². The standard InChI is InChI=1S/C16H17FN2S/c1-10(2)11-3-5-12(6-4-11)19-13-7-8-14(16(18)20)15(17)9-13/h3-10,19H,1-2H3,(H2,18,20). The summed E-state index contributed by atoms with van der Waals surface area (Å²) in [7, 11) is 0. The minimum Gasteiger partial charge on any atom is -0.389 e. The highest BCUT2D eigenvalue weighted by Gasteiger charge is 2.06. The van der Waals surface area contributed by atoms with Crippen molar-refractivity contribution in [1.82, 2.24) is 0 Å². The number of rotatable bonds is 4. The van der Waals surface area contributed by atoms with Crippen LogP contribution in [0.15, 0.2) is 42.5 Å². The van der Waals surface area contributed by atoms with Crippen LogP contribution in [0.3, 0.4) is 0 Å². The molecule has 104 valence electrons. The summed E-state index contributed by atoms with van der Waals surface area (Å²) in [5.74, 6) is 0.0765. The van der Waals surface area contributed by atoms with Crippen molar-refractivity contribution in [3.63, 3.8) is 0 Å². The number of halogens is 1. The lowest BCUT2D eigenvalue weighted by Crippen LogP contribution is -2.11. The van der Waals surface area contributed by atoms with Crippen molar-refractivity contribution in [3.05, 3.63) is 59.4 Å². The van der Waals surface area contributed by atoms with Gasteiger partial charge in [-0.2, -0.15) is 0 Å². The Bertz CT molecular complexity index is 621. The molecule has 0 aliphatic heterocycles. The van der Waals surface area contributed by atoms with E-state index in [4.69, 9.17) is 18.0 Å². The molecule has 0 fully saturated rings. The highest BCUT2D eigenvalue weighted by atomic mass is 32.1. The van der Waals surface area contributed by atoms with Crippen LogP contribution in [0.2, 0.25) is 0 Å². The number of hydrogen-bond donors (Lipinski definition) is 2. The minimum absolute atomic E-state index is 0.0651. The molecule has 0 saturated heterocycles. The zero-order valence-corrected chi connectivity index (χ0v) is 12.3. The third kappa shape index (κ3) is 3.33. The van der Waals surface area contributed by atoms with E-state index in [2.05, 4.69) is 31.3 Å². The van der Waals surface area contributed by atoms with Gasteiger partial charge >= 0.3 is 0 Å². The molecular weight excluding hydrogens is 271 g/mol. The average molecular weight is 288 g/mol. The summed E-state index contributed by atoms with van der Waals surface area (Å²) >= 11 is 4.78. The lowest BCUT2D eigenvalue weighted by molar-refractivity contribution is 0.626. The summed E-state index contributed by atoms with van der Waals surface area (Å²) in [6, 6.07) is 12.8. The monoisotopic (exact) mass is 288 g/mol. The van der Waals surface area contributed by atoms with Crippen LogP contribution in [-0.2, 0) is 0 Å². The van der Waals surface area contributed by atoms with Crippen LogP contribution in [-0.4, -0.2) is 4.99 Å². The van der Waals surface area contributed by atoms with Gasteiger partial charge in [0.05, 0.1) is 0 Å². The van der Waals surface area contributed by atoms with Crippen molar-refractivity contribution < 1.29 is 4.39 Å². The van der Waals surface area contributed by atoms with Crippen molar-refractivity contribution >= 4 is 28.6 Å². The van der Waals surface area contributed by atoms with Crippen LogP contribution in [0.1, 0.15) is 30.9 Å². The molecule has 0 radical (unpaired) electrons. The number of nitrogens with two attached hydrogens (primary N) is 1. The van der Waals surface area contributed by atoms with Crippen molar-refractivity contribution in [1.29, 1.82) is 0 Å². The molecule has 0 heterocycles. The Morgan fingerprint density at radius 1 is 1.10 bits per heavy atom. The lowest BCUT2D eigenvalue weighted by atomic mass is 10.0. The summed E-state index contributed by atoms with van der Waals surface area (Å²) in [4.78, 5) is 0.0651. The fourth-order valence-corrected chi connectivity index (χ4v) is 2.08. The van der Waals surface area contributed by atoms with Gasteiger partial charge < -0.3 is 11.1 Å². The van der Waals surface area contributed by atoms with Gasteiger partial charge in [0.2, 0.25) is 0 Å². The summed E-state index contributed by atoms with van der Waals surface area (Å²) in [6.07, 6.45) is 0. The largest absolute Gasteiger partial charge is 0.389 e. The summed E-state index contributed by atoms with van der Waals surface area (Å²) in [5.41, 5.74) is 8.55. The topological polar surface area (TPSA) is 38.0 Å². The first kappa shape index (κ1) is 14.5. The predicted octanol–water partition coefficient (Wildman–Crippen LogP) is 4.33. The van der Waals surface area contributed by atoms with E-state index >= 15 is 0 Å². The highest BCUT2D eigenvalue weighted by Crippen LogP contribution is 2.22. The van der Waals surface area contributed by atoms with Crippen LogP contribution in [0.4, 0.5) is 15.8 Å². The van der Waals surface area contributed by atoms with Crippen molar-refractivity contribution in [2.24, 2.45) is 5.73 Å². The van der Waals surface area contributed by atoms with Crippen LogP contribution in [0, 0.1) is 5.82 Å². The van der Waals surface area contributed by atoms with E-state index in [9.17, 15) is 4.39 Å². The van der Waals surface area contributed by atoms with Crippen LogP contribution >= 0.6 is 12.2 Å². The third-order valence-electron chi connectivity index (χ3n) is 3.10. The fraction of sp³-hybridized carbons (Fsp3) is 0.188. The Kier molecular flexibility index (Phi) is 4.35. The zero-order valence-electron chi connectivity index (χ0n) is 11.5. The first-order valence-electron chi connectivity index (χ1n) is 6.43. The zero-order chi connectivity index (χ0) is 14.7. The molecule has 0 spiro atoms. The van der Waals surface area contributed by atoms with Crippen LogP contribution in [0.5, 0.6) is 0 Å². The molecule has 0 atom stereocenters.